The molecule has 1 saturated carbocycles. The van der Waals surface area contributed by atoms with Gasteiger partial charge in [0.05, 0.1) is 19.3 Å². The molecule has 1 aliphatic carbocycles. The molecule has 1 unspecified atom stereocenters. The van der Waals surface area contributed by atoms with Crippen LogP contribution in [0.2, 0.25) is 0 Å². The number of rotatable bonds is 6. The summed E-state index contributed by atoms with van der Waals surface area (Å²) in [6, 6.07) is 0.366. The van der Waals surface area contributed by atoms with Crippen molar-refractivity contribution in [2.24, 2.45) is 5.92 Å². The molecule has 0 amide bonds. The molecule has 0 aromatic carbocycles. The number of aliphatic hydroxyl groups is 2. The van der Waals surface area contributed by atoms with E-state index in [1.54, 1.807) is 0 Å². The van der Waals surface area contributed by atoms with Crippen LogP contribution in [0.15, 0.2) is 0 Å². The van der Waals surface area contributed by atoms with Crippen LogP contribution in [-0.2, 0) is 0 Å². The largest absolute Gasteiger partial charge is 0.395 e. The zero-order valence-electron chi connectivity index (χ0n) is 7.66. The second-order valence-corrected chi connectivity index (χ2v) is 3.58. The van der Waals surface area contributed by atoms with Crippen molar-refractivity contribution in [2.45, 2.75) is 38.3 Å². The van der Waals surface area contributed by atoms with Crippen molar-refractivity contribution >= 4 is 0 Å². The van der Waals surface area contributed by atoms with Gasteiger partial charge < -0.3 is 15.5 Å². The maximum absolute atomic E-state index is 8.85. The summed E-state index contributed by atoms with van der Waals surface area (Å²) in [5.74, 6) is 0.788. The zero-order valence-corrected chi connectivity index (χ0v) is 7.66. The molecule has 72 valence electrons. The Morgan fingerprint density at radius 3 is 2.25 bits per heavy atom. The Morgan fingerprint density at radius 1 is 1.33 bits per heavy atom. The van der Waals surface area contributed by atoms with Crippen molar-refractivity contribution < 1.29 is 10.2 Å². The van der Waals surface area contributed by atoms with E-state index in [1.165, 1.54) is 12.8 Å². The topological polar surface area (TPSA) is 52.5 Å². The highest BCUT2D eigenvalue weighted by atomic mass is 16.3. The maximum atomic E-state index is 8.85. The fraction of sp³-hybridized carbons (Fsp3) is 1.00. The lowest BCUT2D eigenvalue weighted by Crippen LogP contribution is -2.43. The molecule has 3 nitrogen and oxygen atoms in total. The van der Waals surface area contributed by atoms with Gasteiger partial charge in [0.2, 0.25) is 0 Å². The van der Waals surface area contributed by atoms with E-state index in [-0.39, 0.29) is 19.3 Å². The minimum Gasteiger partial charge on any atom is -0.395 e. The first-order chi connectivity index (χ1) is 5.81. The van der Waals surface area contributed by atoms with Crippen LogP contribution in [-0.4, -0.2) is 35.5 Å². The van der Waals surface area contributed by atoms with Gasteiger partial charge in [0.25, 0.3) is 0 Å². The smallest absolute Gasteiger partial charge is 0.0607 e. The molecule has 0 radical (unpaired) electrons. The van der Waals surface area contributed by atoms with Crippen LogP contribution in [0.1, 0.15) is 26.2 Å². The maximum Gasteiger partial charge on any atom is 0.0607 e. The van der Waals surface area contributed by atoms with E-state index in [0.29, 0.717) is 6.04 Å². The van der Waals surface area contributed by atoms with Crippen LogP contribution in [0.3, 0.4) is 0 Å². The number of nitrogens with one attached hydrogen (secondary N) is 1. The predicted octanol–water partition coefficient (Wildman–Crippen LogP) is 0.118. The van der Waals surface area contributed by atoms with E-state index >= 15 is 0 Å². The minimum absolute atomic E-state index is 0.0275. The van der Waals surface area contributed by atoms with E-state index in [1.807, 2.05) is 0 Å². The van der Waals surface area contributed by atoms with Crippen molar-refractivity contribution in [1.29, 1.82) is 0 Å². The first kappa shape index (κ1) is 9.96. The lowest BCUT2D eigenvalue weighted by Gasteiger charge is -2.21. The van der Waals surface area contributed by atoms with Gasteiger partial charge in [0, 0.05) is 6.04 Å². The Bertz CT molecular complexity index is 122. The first-order valence-electron chi connectivity index (χ1n) is 4.79. The SMILES string of the molecule is CCC(NC(CO)CO)C1CC1. The molecule has 0 spiro atoms. The third kappa shape index (κ3) is 2.73. The molecular weight excluding hydrogens is 154 g/mol. The van der Waals surface area contributed by atoms with Crippen molar-refractivity contribution in [3.63, 3.8) is 0 Å². The van der Waals surface area contributed by atoms with Crippen molar-refractivity contribution in [3.05, 3.63) is 0 Å². The van der Waals surface area contributed by atoms with Gasteiger partial charge >= 0.3 is 0 Å². The molecule has 12 heavy (non-hydrogen) atoms. The molecule has 1 aliphatic rings. The zero-order chi connectivity index (χ0) is 8.97. The van der Waals surface area contributed by atoms with E-state index in [9.17, 15) is 0 Å². The summed E-state index contributed by atoms with van der Waals surface area (Å²) in [5, 5.41) is 21.0. The second kappa shape index (κ2) is 4.80. The Balaban J connectivity index is 2.24. The van der Waals surface area contributed by atoms with Crippen LogP contribution in [0.5, 0.6) is 0 Å². The van der Waals surface area contributed by atoms with E-state index in [4.69, 9.17) is 10.2 Å². The van der Waals surface area contributed by atoms with Gasteiger partial charge in [-0.15, -0.1) is 0 Å². The first-order valence-corrected chi connectivity index (χ1v) is 4.79. The van der Waals surface area contributed by atoms with Gasteiger partial charge in [0.1, 0.15) is 0 Å². The normalized spacial score (nSPS) is 20.0. The monoisotopic (exact) mass is 173 g/mol. The highest BCUT2D eigenvalue weighted by Gasteiger charge is 2.30. The fourth-order valence-electron chi connectivity index (χ4n) is 1.55. The molecule has 1 atom stereocenters. The Labute approximate surface area is 73.8 Å². The van der Waals surface area contributed by atoms with E-state index in [2.05, 4.69) is 12.2 Å². The van der Waals surface area contributed by atoms with Gasteiger partial charge in [-0.2, -0.15) is 0 Å². The minimum atomic E-state index is -0.129. The predicted molar refractivity (Wildman–Crippen MR) is 47.9 cm³/mol. The summed E-state index contributed by atoms with van der Waals surface area (Å²) in [4.78, 5) is 0. The fourth-order valence-corrected chi connectivity index (χ4v) is 1.55. The van der Waals surface area contributed by atoms with Gasteiger partial charge in [0.15, 0.2) is 0 Å². The summed E-state index contributed by atoms with van der Waals surface area (Å²) in [6.07, 6.45) is 3.69. The highest BCUT2D eigenvalue weighted by molar-refractivity contribution is 4.87. The molecule has 0 heterocycles. The summed E-state index contributed by atoms with van der Waals surface area (Å²) in [6.45, 7) is 2.20. The number of aliphatic hydroxyl groups excluding tert-OH is 2. The average molecular weight is 173 g/mol. The van der Waals surface area contributed by atoms with Crippen LogP contribution in [0.25, 0.3) is 0 Å². The number of hydrogen-bond acceptors (Lipinski definition) is 3. The molecule has 0 aromatic rings. The molecule has 3 N–H and O–H groups in total. The molecule has 0 aromatic heterocycles. The highest BCUT2D eigenvalue weighted by Crippen LogP contribution is 2.33. The molecular formula is C9H19NO2. The van der Waals surface area contributed by atoms with Gasteiger partial charge in [-0.25, -0.2) is 0 Å². The van der Waals surface area contributed by atoms with Gasteiger partial charge in [-0.1, -0.05) is 6.92 Å². The third-order valence-corrected chi connectivity index (χ3v) is 2.52. The molecule has 1 fully saturated rings. The molecule has 0 saturated heterocycles. The van der Waals surface area contributed by atoms with Gasteiger partial charge in [-0.3, -0.25) is 0 Å². The average Bonchev–Trinajstić information content (AvgIpc) is 2.90. The Hall–Kier alpha value is -0.120. The lowest BCUT2D eigenvalue weighted by molar-refractivity contribution is 0.158. The Kier molecular flexibility index (Phi) is 3.98. The van der Waals surface area contributed by atoms with Crippen LogP contribution in [0.4, 0.5) is 0 Å². The lowest BCUT2D eigenvalue weighted by atomic mass is 10.1. The number of hydrogen-bond donors (Lipinski definition) is 3. The van der Waals surface area contributed by atoms with Crippen molar-refractivity contribution in [1.82, 2.24) is 5.32 Å². The summed E-state index contributed by atoms with van der Waals surface area (Å²) >= 11 is 0. The standard InChI is InChI=1S/C9H19NO2/c1-2-9(7-3-4-7)10-8(5-11)6-12/h7-12H,2-6H2,1H3. The molecule has 0 bridgehead atoms. The molecule has 0 aliphatic heterocycles. The third-order valence-electron chi connectivity index (χ3n) is 2.52. The van der Waals surface area contributed by atoms with Crippen molar-refractivity contribution in [2.75, 3.05) is 13.2 Å². The quantitative estimate of drug-likeness (QED) is 0.534. The van der Waals surface area contributed by atoms with E-state index < -0.39 is 0 Å². The summed E-state index contributed by atoms with van der Waals surface area (Å²) in [7, 11) is 0. The van der Waals surface area contributed by atoms with Crippen molar-refractivity contribution in [3.8, 4) is 0 Å². The van der Waals surface area contributed by atoms with E-state index in [0.717, 1.165) is 12.3 Å². The van der Waals surface area contributed by atoms with Crippen LogP contribution >= 0.6 is 0 Å². The molecule has 3 heteroatoms. The summed E-state index contributed by atoms with van der Waals surface area (Å²) in [5.41, 5.74) is 0. The van der Waals surface area contributed by atoms with Crippen LogP contribution in [0, 0.1) is 5.92 Å². The summed E-state index contributed by atoms with van der Waals surface area (Å²) < 4.78 is 0. The second-order valence-electron chi connectivity index (χ2n) is 3.58. The molecule has 1 rings (SSSR count). The van der Waals surface area contributed by atoms with Crippen LogP contribution < -0.4 is 5.32 Å². The Morgan fingerprint density at radius 2 is 1.92 bits per heavy atom. The van der Waals surface area contributed by atoms with Gasteiger partial charge in [-0.05, 0) is 25.2 Å².